The summed E-state index contributed by atoms with van der Waals surface area (Å²) in [6, 6.07) is 0. The number of nitrogens with one attached hydrogen (secondary N) is 1. The number of rotatable bonds is 8. The summed E-state index contributed by atoms with van der Waals surface area (Å²) < 4.78 is 0. The summed E-state index contributed by atoms with van der Waals surface area (Å²) in [5, 5.41) is 6.97. The SMILES string of the molecule is CC.C[N-]CCCN1CCN(CCCNC(C)=O)CC1.[Y]. The first-order valence-corrected chi connectivity index (χ1v) is 7.97. The molecule has 0 unspecified atom stereocenters. The fourth-order valence-electron chi connectivity index (χ4n) is 2.26. The van der Waals surface area contributed by atoms with E-state index in [1.165, 1.54) is 26.1 Å². The summed E-state index contributed by atoms with van der Waals surface area (Å²) in [6.45, 7) is 14.3. The van der Waals surface area contributed by atoms with Gasteiger partial charge in [-0.2, -0.15) is 7.05 Å². The third kappa shape index (κ3) is 13.8. The van der Waals surface area contributed by atoms with E-state index in [0.29, 0.717) is 0 Å². The Morgan fingerprint density at radius 2 is 1.52 bits per heavy atom. The predicted molar refractivity (Wildman–Crippen MR) is 86.3 cm³/mol. The van der Waals surface area contributed by atoms with Gasteiger partial charge in [-0.05, 0) is 19.5 Å². The minimum absolute atomic E-state index is 0. The molecule has 1 N–H and O–H groups in total. The molecule has 1 saturated heterocycles. The maximum atomic E-state index is 10.7. The molecule has 1 rings (SSSR count). The van der Waals surface area contributed by atoms with E-state index in [-0.39, 0.29) is 38.6 Å². The second kappa shape index (κ2) is 16.8. The van der Waals surface area contributed by atoms with E-state index in [0.717, 1.165) is 39.1 Å². The molecule has 0 spiro atoms. The van der Waals surface area contributed by atoms with Gasteiger partial charge in [0, 0.05) is 72.4 Å². The maximum absolute atomic E-state index is 10.7. The van der Waals surface area contributed by atoms with Crippen LogP contribution in [-0.4, -0.2) is 75.1 Å². The van der Waals surface area contributed by atoms with Gasteiger partial charge in [-0.3, -0.25) is 4.79 Å². The van der Waals surface area contributed by atoms with Crippen LogP contribution in [0.25, 0.3) is 5.32 Å². The Balaban J connectivity index is 0. The van der Waals surface area contributed by atoms with Crippen molar-refractivity contribution < 1.29 is 37.5 Å². The van der Waals surface area contributed by atoms with Crippen molar-refractivity contribution in [2.75, 3.05) is 59.4 Å². The fraction of sp³-hybridized carbons (Fsp3) is 0.933. The molecule has 0 saturated carbocycles. The number of amides is 1. The minimum Gasteiger partial charge on any atom is -0.665 e. The number of hydrogen-bond donors (Lipinski definition) is 1. The molecule has 1 aliphatic heterocycles. The average Bonchev–Trinajstić information content (AvgIpc) is 2.47. The third-order valence-corrected chi connectivity index (χ3v) is 3.35. The van der Waals surface area contributed by atoms with Crippen molar-refractivity contribution in [2.45, 2.75) is 33.6 Å². The molecule has 1 heterocycles. The predicted octanol–water partition coefficient (Wildman–Crippen LogP) is 1.55. The zero-order valence-corrected chi connectivity index (χ0v) is 17.2. The van der Waals surface area contributed by atoms with E-state index in [1.807, 2.05) is 20.9 Å². The van der Waals surface area contributed by atoms with Gasteiger partial charge < -0.3 is 20.4 Å². The fourth-order valence-corrected chi connectivity index (χ4v) is 2.26. The maximum Gasteiger partial charge on any atom is 0.216 e. The Bertz CT molecular complexity index is 234. The first kappa shape index (κ1) is 23.7. The van der Waals surface area contributed by atoms with E-state index >= 15 is 0 Å². The Kier molecular flexibility index (Phi) is 19.0. The van der Waals surface area contributed by atoms with E-state index in [9.17, 15) is 4.79 Å². The van der Waals surface area contributed by atoms with Gasteiger partial charge in [0.1, 0.15) is 0 Å². The van der Waals surface area contributed by atoms with Crippen molar-refractivity contribution in [3.8, 4) is 0 Å². The Labute approximate surface area is 156 Å². The smallest absolute Gasteiger partial charge is 0.216 e. The second-order valence-corrected chi connectivity index (χ2v) is 4.91. The van der Waals surface area contributed by atoms with Crippen molar-refractivity contribution in [1.82, 2.24) is 15.1 Å². The van der Waals surface area contributed by atoms with E-state index in [1.54, 1.807) is 6.92 Å². The van der Waals surface area contributed by atoms with Crippen LogP contribution in [0.1, 0.15) is 33.6 Å². The summed E-state index contributed by atoms with van der Waals surface area (Å²) in [7, 11) is 1.88. The first-order valence-electron chi connectivity index (χ1n) is 7.97. The van der Waals surface area contributed by atoms with Crippen molar-refractivity contribution in [2.24, 2.45) is 0 Å². The number of piperazine rings is 1. The van der Waals surface area contributed by atoms with Crippen molar-refractivity contribution in [3.63, 3.8) is 0 Å². The first-order chi connectivity index (χ1) is 9.72. The zero-order valence-electron chi connectivity index (χ0n) is 14.4. The van der Waals surface area contributed by atoms with Crippen LogP contribution in [0.15, 0.2) is 0 Å². The molecule has 21 heavy (non-hydrogen) atoms. The van der Waals surface area contributed by atoms with Gasteiger partial charge in [0.05, 0.1) is 0 Å². The molecule has 0 atom stereocenters. The molecule has 123 valence electrons. The van der Waals surface area contributed by atoms with Crippen LogP contribution < -0.4 is 5.32 Å². The monoisotopic (exact) mass is 374 g/mol. The summed E-state index contributed by atoms with van der Waals surface area (Å²) in [5.74, 6) is 0.0705. The summed E-state index contributed by atoms with van der Waals surface area (Å²) >= 11 is 0. The third-order valence-electron chi connectivity index (χ3n) is 3.35. The van der Waals surface area contributed by atoms with Crippen LogP contribution in [0, 0.1) is 0 Å². The number of nitrogens with zero attached hydrogens (tertiary/aromatic N) is 3. The van der Waals surface area contributed by atoms with Crippen LogP contribution in [0.4, 0.5) is 0 Å². The van der Waals surface area contributed by atoms with Gasteiger partial charge in [0.2, 0.25) is 5.91 Å². The molecule has 0 aliphatic carbocycles. The topological polar surface area (TPSA) is 49.7 Å². The van der Waals surface area contributed by atoms with Gasteiger partial charge in [-0.15, -0.1) is 6.54 Å². The summed E-state index contributed by atoms with van der Waals surface area (Å²) in [5.41, 5.74) is 0. The molecule has 1 fully saturated rings. The van der Waals surface area contributed by atoms with Crippen molar-refractivity contribution in [1.29, 1.82) is 0 Å². The van der Waals surface area contributed by atoms with Crippen molar-refractivity contribution >= 4 is 5.91 Å². The number of hydrogen-bond acceptors (Lipinski definition) is 3. The minimum atomic E-state index is 0. The number of carbonyl (C=O) groups excluding carboxylic acids is 1. The van der Waals surface area contributed by atoms with Crippen LogP contribution in [0.2, 0.25) is 0 Å². The van der Waals surface area contributed by atoms with Gasteiger partial charge in [-0.1, -0.05) is 20.3 Å². The molecule has 0 aromatic carbocycles. The molecular formula is C15H33N4OY-. The molecule has 0 aromatic heterocycles. The zero-order chi connectivity index (χ0) is 15.2. The van der Waals surface area contributed by atoms with Crippen molar-refractivity contribution in [3.05, 3.63) is 5.32 Å². The standard InChI is InChI=1S/C13H27N4O.C2H6.Y/c1-13(18)15-6-4-8-17-11-9-16(10-12-17)7-3-5-14-2;1-2;/h3-12H2,1-2H3,(H,15,18);1-2H3;/q-1;;. The molecule has 1 radical (unpaired) electrons. The molecule has 6 heteroatoms. The normalized spacial score (nSPS) is 15.6. The van der Waals surface area contributed by atoms with Gasteiger partial charge in [0.25, 0.3) is 0 Å². The summed E-state index contributed by atoms with van der Waals surface area (Å²) in [4.78, 5) is 15.7. The second-order valence-electron chi connectivity index (χ2n) is 4.91. The van der Waals surface area contributed by atoms with Crippen LogP contribution in [-0.2, 0) is 37.5 Å². The molecular weight excluding hydrogens is 341 g/mol. The molecule has 1 aliphatic rings. The Morgan fingerprint density at radius 3 is 1.95 bits per heavy atom. The van der Waals surface area contributed by atoms with E-state index < -0.39 is 0 Å². The van der Waals surface area contributed by atoms with Gasteiger partial charge in [-0.25, -0.2) is 0 Å². The Morgan fingerprint density at radius 1 is 1.05 bits per heavy atom. The van der Waals surface area contributed by atoms with E-state index in [4.69, 9.17) is 0 Å². The van der Waals surface area contributed by atoms with Gasteiger partial charge >= 0.3 is 0 Å². The Hall–Kier alpha value is 0.454. The molecule has 1 amide bonds. The van der Waals surface area contributed by atoms with Crippen LogP contribution >= 0.6 is 0 Å². The summed E-state index contributed by atoms with van der Waals surface area (Å²) in [6.07, 6.45) is 2.23. The van der Waals surface area contributed by atoms with Crippen LogP contribution in [0.5, 0.6) is 0 Å². The molecule has 0 aromatic rings. The average molecular weight is 374 g/mol. The molecule has 5 nitrogen and oxygen atoms in total. The molecule has 0 bridgehead atoms. The quantitative estimate of drug-likeness (QED) is 0.656. The van der Waals surface area contributed by atoms with Gasteiger partial charge in [0.15, 0.2) is 0 Å². The number of carbonyl (C=O) groups is 1. The van der Waals surface area contributed by atoms with Crippen LogP contribution in [0.3, 0.4) is 0 Å². The van der Waals surface area contributed by atoms with E-state index in [2.05, 4.69) is 20.4 Å². The largest absolute Gasteiger partial charge is 0.665 e.